The monoisotopic (exact) mass is 309 g/mol. The molecular formula is C12H11ClF3NOS. The van der Waals surface area contributed by atoms with E-state index in [0.29, 0.717) is 5.75 Å². The fourth-order valence-electron chi connectivity index (χ4n) is 1.22. The second-order valence-electron chi connectivity index (χ2n) is 3.54. The lowest BCUT2D eigenvalue weighted by Gasteiger charge is -2.11. The van der Waals surface area contributed by atoms with E-state index in [1.54, 1.807) is 6.08 Å². The van der Waals surface area contributed by atoms with Crippen molar-refractivity contribution in [2.24, 2.45) is 0 Å². The number of rotatable bonds is 5. The number of amides is 1. The van der Waals surface area contributed by atoms with Gasteiger partial charge in [0.25, 0.3) is 0 Å². The van der Waals surface area contributed by atoms with Gasteiger partial charge < -0.3 is 5.32 Å². The van der Waals surface area contributed by atoms with Gasteiger partial charge in [-0.15, -0.1) is 18.3 Å². The van der Waals surface area contributed by atoms with Gasteiger partial charge in [-0.2, -0.15) is 13.2 Å². The lowest BCUT2D eigenvalue weighted by atomic mass is 10.2. The summed E-state index contributed by atoms with van der Waals surface area (Å²) < 4.78 is 37.5. The Morgan fingerprint density at radius 1 is 1.47 bits per heavy atom. The van der Waals surface area contributed by atoms with Crippen molar-refractivity contribution in [2.75, 3.05) is 16.8 Å². The summed E-state index contributed by atoms with van der Waals surface area (Å²) >= 11 is 7.05. The van der Waals surface area contributed by atoms with Crippen LogP contribution < -0.4 is 5.32 Å². The molecule has 0 aliphatic heterocycles. The molecule has 0 atom stereocenters. The number of alkyl halides is 3. The van der Waals surface area contributed by atoms with Crippen LogP contribution in [0.1, 0.15) is 5.56 Å². The molecule has 0 aromatic heterocycles. The van der Waals surface area contributed by atoms with Gasteiger partial charge in [0.05, 0.1) is 22.0 Å². The highest BCUT2D eigenvalue weighted by atomic mass is 35.5. The standard InChI is InChI=1S/C12H11ClF3NOS/c1-2-5-19-7-11(18)17-10-6-8(12(14,15)16)3-4-9(10)13/h2-4,6H,1,5,7H2,(H,17,18). The van der Waals surface area contributed by atoms with E-state index in [1.165, 1.54) is 11.8 Å². The number of hydrogen-bond acceptors (Lipinski definition) is 2. The second-order valence-corrected chi connectivity index (χ2v) is 4.98. The van der Waals surface area contributed by atoms with Crippen LogP contribution in [-0.2, 0) is 11.0 Å². The molecule has 0 heterocycles. The molecule has 1 amide bonds. The zero-order valence-corrected chi connectivity index (χ0v) is 11.3. The molecule has 0 saturated heterocycles. The highest BCUT2D eigenvalue weighted by molar-refractivity contribution is 8.00. The largest absolute Gasteiger partial charge is 0.416 e. The third-order valence-corrected chi connectivity index (χ3v) is 3.30. The number of carbonyl (C=O) groups excluding carboxylic acids is 1. The van der Waals surface area contributed by atoms with Crippen molar-refractivity contribution in [3.8, 4) is 0 Å². The van der Waals surface area contributed by atoms with Crippen LogP contribution in [-0.4, -0.2) is 17.4 Å². The summed E-state index contributed by atoms with van der Waals surface area (Å²) in [6, 6.07) is 2.79. The predicted octanol–water partition coefficient (Wildman–Crippen LogP) is 4.22. The van der Waals surface area contributed by atoms with E-state index in [4.69, 9.17) is 11.6 Å². The van der Waals surface area contributed by atoms with Gasteiger partial charge >= 0.3 is 6.18 Å². The molecule has 0 radical (unpaired) electrons. The van der Waals surface area contributed by atoms with Crippen molar-refractivity contribution >= 4 is 35.0 Å². The Morgan fingerprint density at radius 2 is 2.16 bits per heavy atom. The van der Waals surface area contributed by atoms with E-state index in [0.717, 1.165) is 18.2 Å². The lowest BCUT2D eigenvalue weighted by Crippen LogP contribution is -2.15. The van der Waals surface area contributed by atoms with Crippen LogP contribution in [0.4, 0.5) is 18.9 Å². The van der Waals surface area contributed by atoms with Crippen LogP contribution in [0.15, 0.2) is 30.9 Å². The molecule has 0 unspecified atom stereocenters. The molecule has 1 aromatic rings. The normalized spacial score (nSPS) is 11.2. The molecule has 0 bridgehead atoms. The van der Waals surface area contributed by atoms with Crippen molar-refractivity contribution in [3.05, 3.63) is 41.4 Å². The molecule has 1 rings (SSSR count). The highest BCUT2D eigenvalue weighted by Gasteiger charge is 2.31. The quantitative estimate of drug-likeness (QED) is 0.652. The molecule has 104 valence electrons. The first kappa shape index (κ1) is 15.9. The number of hydrogen-bond donors (Lipinski definition) is 1. The Bertz CT molecular complexity index is 477. The third kappa shape index (κ3) is 5.16. The van der Waals surface area contributed by atoms with Crippen LogP contribution in [0.2, 0.25) is 5.02 Å². The summed E-state index contributed by atoms with van der Waals surface area (Å²) in [6.45, 7) is 3.50. The van der Waals surface area contributed by atoms with Gasteiger partial charge in [0, 0.05) is 5.75 Å². The van der Waals surface area contributed by atoms with Crippen LogP contribution in [0, 0.1) is 0 Å². The lowest BCUT2D eigenvalue weighted by molar-refractivity contribution is -0.137. The van der Waals surface area contributed by atoms with Crippen molar-refractivity contribution in [1.29, 1.82) is 0 Å². The Balaban J connectivity index is 2.77. The SMILES string of the molecule is C=CCSCC(=O)Nc1cc(C(F)(F)F)ccc1Cl. The van der Waals surface area contributed by atoms with Crippen LogP contribution >= 0.6 is 23.4 Å². The van der Waals surface area contributed by atoms with E-state index in [2.05, 4.69) is 11.9 Å². The molecule has 7 heteroatoms. The average molecular weight is 310 g/mol. The summed E-state index contributed by atoms with van der Waals surface area (Å²) in [6.07, 6.45) is -2.84. The maximum atomic E-state index is 12.5. The predicted molar refractivity (Wildman–Crippen MR) is 72.6 cm³/mol. The molecule has 0 saturated carbocycles. The molecule has 0 spiro atoms. The van der Waals surface area contributed by atoms with Crippen molar-refractivity contribution in [2.45, 2.75) is 6.18 Å². The Hall–Kier alpha value is -1.14. The molecule has 2 nitrogen and oxygen atoms in total. The molecule has 0 fully saturated rings. The Kier molecular flexibility index (Phi) is 5.75. The summed E-state index contributed by atoms with van der Waals surface area (Å²) in [5.74, 6) is 0.301. The fraction of sp³-hybridized carbons (Fsp3) is 0.250. The minimum atomic E-state index is -4.47. The highest BCUT2D eigenvalue weighted by Crippen LogP contribution is 2.33. The first-order chi connectivity index (χ1) is 8.84. The first-order valence-corrected chi connectivity index (χ1v) is 6.73. The van der Waals surface area contributed by atoms with Crippen molar-refractivity contribution in [3.63, 3.8) is 0 Å². The molecule has 0 aliphatic rings. The van der Waals surface area contributed by atoms with Gasteiger partial charge in [0.1, 0.15) is 0 Å². The van der Waals surface area contributed by atoms with Crippen molar-refractivity contribution in [1.82, 2.24) is 0 Å². The van der Waals surface area contributed by atoms with E-state index in [1.807, 2.05) is 0 Å². The first-order valence-electron chi connectivity index (χ1n) is 5.20. The van der Waals surface area contributed by atoms with E-state index in [9.17, 15) is 18.0 Å². The summed E-state index contributed by atoms with van der Waals surface area (Å²) in [5.41, 5.74) is -0.897. The summed E-state index contributed by atoms with van der Waals surface area (Å²) in [7, 11) is 0. The molecular weight excluding hydrogens is 299 g/mol. The number of thioether (sulfide) groups is 1. The van der Waals surface area contributed by atoms with Gasteiger partial charge in [0.15, 0.2) is 0 Å². The molecule has 19 heavy (non-hydrogen) atoms. The van der Waals surface area contributed by atoms with Gasteiger partial charge in [-0.25, -0.2) is 0 Å². The van der Waals surface area contributed by atoms with Crippen molar-refractivity contribution < 1.29 is 18.0 Å². The maximum absolute atomic E-state index is 12.5. The van der Waals surface area contributed by atoms with Gasteiger partial charge in [-0.1, -0.05) is 17.7 Å². The summed E-state index contributed by atoms with van der Waals surface area (Å²) in [4.78, 5) is 11.5. The Morgan fingerprint density at radius 3 is 2.74 bits per heavy atom. The number of carbonyl (C=O) groups is 1. The zero-order valence-electron chi connectivity index (χ0n) is 9.76. The number of benzene rings is 1. The molecule has 0 aliphatic carbocycles. The average Bonchev–Trinajstić information content (AvgIpc) is 2.31. The van der Waals surface area contributed by atoms with Crippen LogP contribution in [0.5, 0.6) is 0 Å². The molecule has 1 N–H and O–H groups in total. The third-order valence-electron chi connectivity index (χ3n) is 2.04. The minimum Gasteiger partial charge on any atom is -0.324 e. The minimum absolute atomic E-state index is 0.0410. The fourth-order valence-corrected chi connectivity index (χ4v) is 1.93. The van der Waals surface area contributed by atoms with E-state index in [-0.39, 0.29) is 16.5 Å². The van der Waals surface area contributed by atoms with E-state index >= 15 is 0 Å². The Labute approximate surface area is 118 Å². The maximum Gasteiger partial charge on any atom is 0.416 e. The van der Waals surface area contributed by atoms with E-state index < -0.39 is 17.6 Å². The van der Waals surface area contributed by atoms with Crippen LogP contribution in [0.3, 0.4) is 0 Å². The number of halogens is 4. The molecule has 1 aromatic carbocycles. The van der Waals surface area contributed by atoms with Gasteiger partial charge in [-0.3, -0.25) is 4.79 Å². The number of nitrogens with one attached hydrogen (secondary N) is 1. The van der Waals surface area contributed by atoms with Gasteiger partial charge in [-0.05, 0) is 18.2 Å². The zero-order chi connectivity index (χ0) is 14.5. The number of anilines is 1. The van der Waals surface area contributed by atoms with Gasteiger partial charge in [0.2, 0.25) is 5.91 Å². The smallest absolute Gasteiger partial charge is 0.324 e. The summed E-state index contributed by atoms with van der Waals surface area (Å²) in [5, 5.41) is 2.42. The second kappa shape index (κ2) is 6.86. The van der Waals surface area contributed by atoms with Crippen LogP contribution in [0.25, 0.3) is 0 Å². The topological polar surface area (TPSA) is 29.1 Å².